The molecule has 0 fully saturated rings. The molecule has 0 aliphatic heterocycles. The van der Waals surface area contributed by atoms with Gasteiger partial charge in [-0.3, -0.25) is 14.8 Å². The summed E-state index contributed by atoms with van der Waals surface area (Å²) in [6.07, 6.45) is 2.52. The number of carbonyl (C=O) groups is 2. The molecule has 7 heteroatoms. The Hall–Kier alpha value is -1.79. The van der Waals surface area contributed by atoms with Gasteiger partial charge in [0.2, 0.25) is 5.96 Å². The van der Waals surface area contributed by atoms with Gasteiger partial charge in [0.1, 0.15) is 0 Å². The monoisotopic (exact) mass is 272 g/mol. The Morgan fingerprint density at radius 2 is 1.84 bits per heavy atom. The lowest BCUT2D eigenvalue weighted by atomic mass is 10.2. The van der Waals surface area contributed by atoms with Gasteiger partial charge in [0.05, 0.1) is 7.11 Å². The minimum atomic E-state index is -0.578. The smallest absolute Gasteiger partial charge is 0.416 e. The maximum atomic E-state index is 11.9. The summed E-state index contributed by atoms with van der Waals surface area (Å²) in [7, 11) is 5.83. The van der Waals surface area contributed by atoms with Crippen LogP contribution in [-0.4, -0.2) is 62.7 Å². The average Bonchev–Trinajstić information content (AvgIpc) is 2.42. The van der Waals surface area contributed by atoms with Gasteiger partial charge >= 0.3 is 12.1 Å². The van der Waals surface area contributed by atoms with Crippen molar-refractivity contribution in [3.8, 4) is 0 Å². The van der Waals surface area contributed by atoms with E-state index in [1.807, 2.05) is 0 Å². The maximum Gasteiger partial charge on any atom is 0.416 e. The standard InChI is InChI=1S/C12H24N4O3/c1-6-7-8-9-14-11(17)15(3)10(13-2)16(4)12(18)19-5/h6-9H2,1-5H3,(H,14,17). The molecule has 19 heavy (non-hydrogen) atoms. The largest absolute Gasteiger partial charge is 0.452 e. The van der Waals surface area contributed by atoms with Gasteiger partial charge in [-0.05, 0) is 6.42 Å². The van der Waals surface area contributed by atoms with Crippen LogP contribution >= 0.6 is 0 Å². The molecular formula is C12H24N4O3. The van der Waals surface area contributed by atoms with E-state index in [2.05, 4.69) is 22.0 Å². The van der Waals surface area contributed by atoms with Crippen LogP contribution in [0.4, 0.5) is 9.59 Å². The Labute approximate surface area is 114 Å². The summed E-state index contributed by atoms with van der Waals surface area (Å²) < 4.78 is 4.59. The minimum absolute atomic E-state index is 0.222. The molecule has 0 atom stereocenters. The molecule has 0 spiro atoms. The van der Waals surface area contributed by atoms with Gasteiger partial charge in [0, 0.05) is 27.7 Å². The molecule has 0 radical (unpaired) electrons. The third-order valence-corrected chi connectivity index (χ3v) is 2.61. The first-order valence-electron chi connectivity index (χ1n) is 6.29. The summed E-state index contributed by atoms with van der Waals surface area (Å²) in [6, 6.07) is -0.299. The van der Waals surface area contributed by atoms with E-state index in [4.69, 9.17) is 0 Å². The number of hydrogen-bond donors (Lipinski definition) is 1. The quantitative estimate of drug-likeness (QED) is 0.479. The van der Waals surface area contributed by atoms with Gasteiger partial charge < -0.3 is 10.1 Å². The van der Waals surface area contributed by atoms with Crippen LogP contribution in [-0.2, 0) is 4.74 Å². The number of urea groups is 1. The Kier molecular flexibility index (Phi) is 8.32. The molecule has 0 saturated carbocycles. The molecule has 1 N–H and O–H groups in total. The topological polar surface area (TPSA) is 74.2 Å². The van der Waals surface area contributed by atoms with Crippen LogP contribution in [0.3, 0.4) is 0 Å². The normalized spacial score (nSPS) is 10.9. The number of nitrogens with zero attached hydrogens (tertiary/aromatic N) is 3. The molecule has 0 aromatic heterocycles. The van der Waals surface area contributed by atoms with E-state index in [9.17, 15) is 9.59 Å². The molecule has 0 aliphatic carbocycles. The maximum absolute atomic E-state index is 11.9. The fourth-order valence-electron chi connectivity index (χ4n) is 1.52. The van der Waals surface area contributed by atoms with E-state index in [-0.39, 0.29) is 12.0 Å². The van der Waals surface area contributed by atoms with E-state index in [0.29, 0.717) is 6.54 Å². The average molecular weight is 272 g/mol. The molecule has 7 nitrogen and oxygen atoms in total. The number of amides is 3. The molecule has 0 aromatic rings. The summed E-state index contributed by atoms with van der Waals surface area (Å²) in [5.74, 6) is 0.222. The molecule has 0 aliphatic rings. The number of carbonyl (C=O) groups excluding carboxylic acids is 2. The summed E-state index contributed by atoms with van der Waals surface area (Å²) in [5, 5.41) is 2.77. The van der Waals surface area contributed by atoms with Crippen molar-refractivity contribution in [2.24, 2.45) is 4.99 Å². The number of hydrogen-bond acceptors (Lipinski definition) is 4. The summed E-state index contributed by atoms with van der Waals surface area (Å²) in [6.45, 7) is 2.71. The summed E-state index contributed by atoms with van der Waals surface area (Å²) in [4.78, 5) is 29.7. The van der Waals surface area contributed by atoms with Crippen LogP contribution in [0.5, 0.6) is 0 Å². The zero-order valence-corrected chi connectivity index (χ0v) is 12.4. The predicted octanol–water partition coefficient (Wildman–Crippen LogP) is 1.50. The van der Waals surface area contributed by atoms with Gasteiger partial charge in [0.25, 0.3) is 0 Å². The highest BCUT2D eigenvalue weighted by atomic mass is 16.5. The minimum Gasteiger partial charge on any atom is -0.452 e. The highest BCUT2D eigenvalue weighted by molar-refractivity contribution is 6.02. The van der Waals surface area contributed by atoms with Crippen molar-refractivity contribution in [1.29, 1.82) is 0 Å². The van der Waals surface area contributed by atoms with Crippen molar-refractivity contribution in [3.05, 3.63) is 0 Å². The number of unbranched alkanes of at least 4 members (excludes halogenated alkanes) is 2. The van der Waals surface area contributed by atoms with Crippen LogP contribution in [0.1, 0.15) is 26.2 Å². The number of ether oxygens (including phenoxy) is 1. The lowest BCUT2D eigenvalue weighted by Gasteiger charge is -2.25. The fraction of sp³-hybridized carbons (Fsp3) is 0.750. The molecule has 0 saturated heterocycles. The van der Waals surface area contributed by atoms with Crippen molar-refractivity contribution in [1.82, 2.24) is 15.1 Å². The number of rotatable bonds is 4. The van der Waals surface area contributed by atoms with Crippen molar-refractivity contribution < 1.29 is 14.3 Å². The summed E-state index contributed by atoms with van der Waals surface area (Å²) in [5.41, 5.74) is 0. The lowest BCUT2D eigenvalue weighted by molar-refractivity contribution is 0.148. The fourth-order valence-corrected chi connectivity index (χ4v) is 1.52. The van der Waals surface area contributed by atoms with E-state index >= 15 is 0 Å². The van der Waals surface area contributed by atoms with Crippen molar-refractivity contribution in [2.75, 3.05) is 34.8 Å². The molecule has 3 amide bonds. The first kappa shape index (κ1) is 17.2. The molecule has 0 aromatic carbocycles. The van der Waals surface area contributed by atoms with E-state index in [0.717, 1.165) is 19.3 Å². The van der Waals surface area contributed by atoms with Crippen LogP contribution in [0.2, 0.25) is 0 Å². The third kappa shape index (κ3) is 5.58. The van der Waals surface area contributed by atoms with Crippen LogP contribution in [0.25, 0.3) is 0 Å². The molecule has 0 rings (SSSR count). The van der Waals surface area contributed by atoms with E-state index in [1.54, 1.807) is 7.05 Å². The molecule has 0 bridgehead atoms. The van der Waals surface area contributed by atoms with Gasteiger partial charge in [-0.25, -0.2) is 9.59 Å². The van der Waals surface area contributed by atoms with Crippen LogP contribution in [0, 0.1) is 0 Å². The number of guanidine groups is 1. The number of nitrogens with one attached hydrogen (secondary N) is 1. The first-order valence-corrected chi connectivity index (χ1v) is 6.29. The third-order valence-electron chi connectivity index (χ3n) is 2.61. The van der Waals surface area contributed by atoms with E-state index in [1.165, 1.54) is 31.0 Å². The molecule has 110 valence electrons. The summed E-state index contributed by atoms with van der Waals surface area (Å²) >= 11 is 0. The Morgan fingerprint density at radius 1 is 1.21 bits per heavy atom. The van der Waals surface area contributed by atoms with Gasteiger partial charge in [0.15, 0.2) is 0 Å². The second-order valence-corrected chi connectivity index (χ2v) is 4.05. The lowest BCUT2D eigenvalue weighted by Crippen LogP contribution is -2.49. The second kappa shape index (κ2) is 9.18. The predicted molar refractivity (Wildman–Crippen MR) is 74.2 cm³/mol. The Bertz CT molecular complexity index is 331. The first-order chi connectivity index (χ1) is 8.99. The van der Waals surface area contributed by atoms with E-state index < -0.39 is 6.09 Å². The van der Waals surface area contributed by atoms with Crippen LogP contribution in [0.15, 0.2) is 4.99 Å². The molecule has 0 heterocycles. The molecule has 0 unspecified atom stereocenters. The van der Waals surface area contributed by atoms with Gasteiger partial charge in [-0.2, -0.15) is 0 Å². The Morgan fingerprint density at radius 3 is 2.32 bits per heavy atom. The molecular weight excluding hydrogens is 248 g/mol. The zero-order chi connectivity index (χ0) is 14.8. The van der Waals surface area contributed by atoms with Crippen molar-refractivity contribution >= 4 is 18.1 Å². The van der Waals surface area contributed by atoms with Gasteiger partial charge in [-0.1, -0.05) is 19.8 Å². The van der Waals surface area contributed by atoms with Gasteiger partial charge in [-0.15, -0.1) is 0 Å². The van der Waals surface area contributed by atoms with Crippen molar-refractivity contribution in [2.45, 2.75) is 26.2 Å². The Balaban J connectivity index is 4.46. The zero-order valence-electron chi connectivity index (χ0n) is 12.4. The highest BCUT2D eigenvalue weighted by Gasteiger charge is 2.22. The van der Waals surface area contributed by atoms with Crippen molar-refractivity contribution in [3.63, 3.8) is 0 Å². The highest BCUT2D eigenvalue weighted by Crippen LogP contribution is 1.99. The number of aliphatic imine (C=N–C) groups is 1. The second-order valence-electron chi connectivity index (χ2n) is 4.05. The van der Waals surface area contributed by atoms with Crippen LogP contribution < -0.4 is 5.32 Å². The number of methoxy groups -OCH3 is 1. The SMILES string of the molecule is CCCCCNC(=O)N(C)C(=NC)N(C)C(=O)OC.